The maximum atomic E-state index is 12.7. The summed E-state index contributed by atoms with van der Waals surface area (Å²) in [5.41, 5.74) is 0.765. The van der Waals surface area contributed by atoms with E-state index in [0.29, 0.717) is 11.3 Å². The smallest absolute Gasteiger partial charge is 0.416 e. The molecule has 1 aromatic heterocycles. The largest absolute Gasteiger partial charge is 0.467 e. The van der Waals surface area contributed by atoms with Gasteiger partial charge in [-0.3, -0.25) is 0 Å². The summed E-state index contributed by atoms with van der Waals surface area (Å²) in [6, 6.07) is 6.65. The average Bonchev–Trinajstić information content (AvgIpc) is 2.76. The van der Waals surface area contributed by atoms with Crippen LogP contribution in [-0.2, 0) is 6.18 Å². The lowest BCUT2D eigenvalue weighted by Crippen LogP contribution is -2.18. The van der Waals surface area contributed by atoms with Crippen molar-refractivity contribution >= 4 is 0 Å². The van der Waals surface area contributed by atoms with Gasteiger partial charge in [-0.25, -0.2) is 0 Å². The molecule has 1 N–H and O–H groups in total. The number of hydrogen-bond donors (Lipinski definition) is 1. The Morgan fingerprint density at radius 3 is 2.47 bits per heavy atom. The third-order valence-electron chi connectivity index (χ3n) is 3.00. The second kappa shape index (κ2) is 5.09. The van der Waals surface area contributed by atoms with Crippen LogP contribution in [0, 0.1) is 6.92 Å². The molecule has 0 fully saturated rings. The second-order valence-electron chi connectivity index (χ2n) is 4.31. The van der Waals surface area contributed by atoms with Crippen LogP contribution >= 0.6 is 0 Å². The van der Waals surface area contributed by atoms with Crippen molar-refractivity contribution < 1.29 is 17.6 Å². The number of rotatable bonds is 3. The third kappa shape index (κ3) is 2.81. The van der Waals surface area contributed by atoms with Gasteiger partial charge in [-0.2, -0.15) is 13.2 Å². The van der Waals surface area contributed by atoms with Crippen LogP contribution in [0.2, 0.25) is 0 Å². The summed E-state index contributed by atoms with van der Waals surface area (Å²) in [6.07, 6.45) is -2.81. The normalized spacial score (nSPS) is 13.5. The van der Waals surface area contributed by atoms with Crippen molar-refractivity contribution in [3.8, 4) is 0 Å². The van der Waals surface area contributed by atoms with E-state index < -0.39 is 17.8 Å². The Labute approximate surface area is 109 Å². The molecule has 1 aromatic carbocycles. The summed E-state index contributed by atoms with van der Waals surface area (Å²) in [4.78, 5) is 0. The van der Waals surface area contributed by atoms with Gasteiger partial charge in [-0.15, -0.1) is 0 Å². The van der Waals surface area contributed by atoms with Gasteiger partial charge in [0.1, 0.15) is 5.76 Å². The number of nitrogens with one attached hydrogen (secondary N) is 1. The van der Waals surface area contributed by atoms with Gasteiger partial charge in [-0.05, 0) is 43.3 Å². The summed E-state index contributed by atoms with van der Waals surface area (Å²) in [6.45, 7) is 1.86. The number of halogens is 3. The van der Waals surface area contributed by atoms with Gasteiger partial charge in [0.2, 0.25) is 0 Å². The van der Waals surface area contributed by atoms with Crippen molar-refractivity contribution in [3.63, 3.8) is 0 Å². The molecule has 1 heterocycles. The lowest BCUT2D eigenvalue weighted by Gasteiger charge is -2.17. The highest BCUT2D eigenvalue weighted by Crippen LogP contribution is 2.32. The summed E-state index contributed by atoms with van der Waals surface area (Å²) in [7, 11) is 1.69. The van der Waals surface area contributed by atoms with Gasteiger partial charge in [0.25, 0.3) is 0 Å². The maximum absolute atomic E-state index is 12.7. The Balaban J connectivity index is 2.42. The van der Waals surface area contributed by atoms with Crippen molar-refractivity contribution in [2.24, 2.45) is 0 Å². The van der Waals surface area contributed by atoms with Crippen LogP contribution in [0.3, 0.4) is 0 Å². The molecule has 0 bridgehead atoms. The molecule has 0 aliphatic rings. The zero-order valence-electron chi connectivity index (χ0n) is 10.6. The molecule has 0 amide bonds. The molecule has 5 heteroatoms. The summed E-state index contributed by atoms with van der Waals surface area (Å²) >= 11 is 0. The van der Waals surface area contributed by atoms with E-state index in [1.54, 1.807) is 19.2 Å². The zero-order chi connectivity index (χ0) is 14.0. The molecule has 1 unspecified atom stereocenters. The fourth-order valence-corrected chi connectivity index (χ4v) is 2.02. The minimum absolute atomic E-state index is 0.391. The number of aryl methyl sites for hydroxylation is 1. The molecule has 102 valence electrons. The number of hydrogen-bond acceptors (Lipinski definition) is 2. The van der Waals surface area contributed by atoms with E-state index in [9.17, 15) is 13.2 Å². The molecule has 0 saturated heterocycles. The molecule has 0 saturated carbocycles. The monoisotopic (exact) mass is 269 g/mol. The Bertz CT molecular complexity index is 560. The average molecular weight is 269 g/mol. The first-order chi connectivity index (χ1) is 8.93. The SMILES string of the molecule is CNC(c1cccc(C(F)(F)F)c1)c1occc1C. The number of benzene rings is 1. The predicted octanol–water partition coefficient (Wildman–Crippen LogP) is 3.92. The first-order valence-electron chi connectivity index (χ1n) is 5.82. The van der Waals surface area contributed by atoms with Crippen LogP contribution < -0.4 is 5.32 Å². The Hall–Kier alpha value is -1.75. The van der Waals surface area contributed by atoms with Crippen LogP contribution in [0.25, 0.3) is 0 Å². The van der Waals surface area contributed by atoms with E-state index >= 15 is 0 Å². The van der Waals surface area contributed by atoms with Crippen LogP contribution in [0.15, 0.2) is 41.0 Å². The highest BCUT2D eigenvalue weighted by molar-refractivity contribution is 5.34. The molecule has 0 aliphatic heterocycles. The third-order valence-corrected chi connectivity index (χ3v) is 3.00. The Kier molecular flexibility index (Phi) is 3.66. The maximum Gasteiger partial charge on any atom is 0.416 e. The molecule has 0 aliphatic carbocycles. The first kappa shape index (κ1) is 13.7. The standard InChI is InChI=1S/C14H14F3NO/c1-9-6-7-19-13(9)12(18-2)10-4-3-5-11(8-10)14(15,16)17/h3-8,12,18H,1-2H3. The summed E-state index contributed by atoms with van der Waals surface area (Å²) in [5.74, 6) is 0.627. The number of furan rings is 1. The van der Waals surface area contributed by atoms with Gasteiger partial charge in [0, 0.05) is 0 Å². The molecule has 2 aromatic rings. The lowest BCUT2D eigenvalue weighted by molar-refractivity contribution is -0.137. The molecule has 0 spiro atoms. The van der Waals surface area contributed by atoms with E-state index in [1.807, 2.05) is 6.92 Å². The fourth-order valence-electron chi connectivity index (χ4n) is 2.02. The summed E-state index contributed by atoms with van der Waals surface area (Å²) < 4.78 is 43.5. The van der Waals surface area contributed by atoms with Gasteiger partial charge < -0.3 is 9.73 Å². The lowest BCUT2D eigenvalue weighted by atomic mass is 10.00. The fraction of sp³-hybridized carbons (Fsp3) is 0.286. The predicted molar refractivity (Wildman–Crippen MR) is 65.8 cm³/mol. The Morgan fingerprint density at radius 2 is 1.95 bits per heavy atom. The molecule has 0 radical (unpaired) electrons. The van der Waals surface area contributed by atoms with Crippen LogP contribution in [0.4, 0.5) is 13.2 Å². The topological polar surface area (TPSA) is 25.2 Å². The molecule has 2 rings (SSSR count). The van der Waals surface area contributed by atoms with Crippen molar-refractivity contribution in [1.82, 2.24) is 5.32 Å². The van der Waals surface area contributed by atoms with Gasteiger partial charge in [0.15, 0.2) is 0 Å². The zero-order valence-corrected chi connectivity index (χ0v) is 10.6. The minimum Gasteiger partial charge on any atom is -0.467 e. The highest BCUT2D eigenvalue weighted by Gasteiger charge is 2.31. The molecule has 2 nitrogen and oxygen atoms in total. The minimum atomic E-state index is -4.34. The van der Waals surface area contributed by atoms with E-state index in [2.05, 4.69) is 5.32 Å². The van der Waals surface area contributed by atoms with Crippen molar-refractivity contribution in [1.29, 1.82) is 0 Å². The van der Waals surface area contributed by atoms with E-state index in [0.717, 1.165) is 17.7 Å². The van der Waals surface area contributed by atoms with E-state index in [-0.39, 0.29) is 0 Å². The summed E-state index contributed by atoms with van der Waals surface area (Å²) in [5, 5.41) is 2.98. The molecular formula is C14H14F3NO. The van der Waals surface area contributed by atoms with Crippen LogP contribution in [-0.4, -0.2) is 7.05 Å². The molecule has 1 atom stereocenters. The van der Waals surface area contributed by atoms with Gasteiger partial charge in [-0.1, -0.05) is 12.1 Å². The number of alkyl halides is 3. The van der Waals surface area contributed by atoms with Crippen LogP contribution in [0.5, 0.6) is 0 Å². The van der Waals surface area contributed by atoms with Gasteiger partial charge >= 0.3 is 6.18 Å². The highest BCUT2D eigenvalue weighted by atomic mass is 19.4. The molecular weight excluding hydrogens is 255 g/mol. The molecule has 19 heavy (non-hydrogen) atoms. The Morgan fingerprint density at radius 1 is 1.21 bits per heavy atom. The van der Waals surface area contributed by atoms with Gasteiger partial charge in [0.05, 0.1) is 17.9 Å². The van der Waals surface area contributed by atoms with E-state index in [4.69, 9.17) is 4.42 Å². The van der Waals surface area contributed by atoms with Crippen molar-refractivity contribution in [2.45, 2.75) is 19.1 Å². The van der Waals surface area contributed by atoms with Crippen molar-refractivity contribution in [3.05, 3.63) is 59.0 Å². The first-order valence-corrected chi connectivity index (χ1v) is 5.82. The van der Waals surface area contributed by atoms with Crippen molar-refractivity contribution in [2.75, 3.05) is 7.05 Å². The second-order valence-corrected chi connectivity index (χ2v) is 4.31. The van der Waals surface area contributed by atoms with Crippen LogP contribution in [0.1, 0.15) is 28.5 Å². The quantitative estimate of drug-likeness (QED) is 0.913. The van der Waals surface area contributed by atoms with E-state index in [1.165, 1.54) is 12.3 Å².